The first-order valence-electron chi connectivity index (χ1n) is 6.88. The number of rotatable bonds is 4. The summed E-state index contributed by atoms with van der Waals surface area (Å²) in [7, 11) is 0. The molecule has 0 bridgehead atoms. The van der Waals surface area contributed by atoms with Crippen LogP contribution in [0.15, 0.2) is 48.5 Å². The van der Waals surface area contributed by atoms with Gasteiger partial charge < -0.3 is 5.32 Å². The van der Waals surface area contributed by atoms with Gasteiger partial charge in [-0.3, -0.25) is 4.79 Å². The van der Waals surface area contributed by atoms with Gasteiger partial charge in [-0.15, -0.1) is 11.3 Å². The normalized spacial score (nSPS) is 11.2. The summed E-state index contributed by atoms with van der Waals surface area (Å²) in [4.78, 5) is 16.4. The smallest absolute Gasteiger partial charge is 0.244 e. The standard InChI is InChI=1S/C17H12Cl2N2OS/c18-12-4-3-5-13(19)11(12)8-9-16(22)20-10-17-21-14-6-1-2-7-15(14)23-17/h1-9H,10H2,(H,20,22)/b9-8+. The van der Waals surface area contributed by atoms with Gasteiger partial charge in [0, 0.05) is 21.7 Å². The largest absolute Gasteiger partial charge is 0.346 e. The summed E-state index contributed by atoms with van der Waals surface area (Å²) in [6.07, 6.45) is 3.03. The fourth-order valence-corrected chi connectivity index (χ4v) is 3.48. The van der Waals surface area contributed by atoms with Crippen molar-refractivity contribution in [2.75, 3.05) is 0 Å². The molecule has 0 unspecified atom stereocenters. The number of carbonyl (C=O) groups excluding carboxylic acids is 1. The average Bonchev–Trinajstić information content (AvgIpc) is 2.95. The van der Waals surface area contributed by atoms with E-state index in [2.05, 4.69) is 10.3 Å². The van der Waals surface area contributed by atoms with E-state index < -0.39 is 0 Å². The molecule has 0 aliphatic rings. The zero-order valence-electron chi connectivity index (χ0n) is 11.9. The highest BCUT2D eigenvalue weighted by Crippen LogP contribution is 2.25. The van der Waals surface area contributed by atoms with Crippen LogP contribution >= 0.6 is 34.5 Å². The van der Waals surface area contributed by atoms with Crippen molar-refractivity contribution < 1.29 is 4.79 Å². The Labute approximate surface area is 147 Å². The highest BCUT2D eigenvalue weighted by atomic mass is 35.5. The summed E-state index contributed by atoms with van der Waals surface area (Å²) in [5, 5.41) is 4.68. The highest BCUT2D eigenvalue weighted by Gasteiger charge is 2.05. The van der Waals surface area contributed by atoms with E-state index in [1.807, 2.05) is 24.3 Å². The Morgan fingerprint density at radius 1 is 1.13 bits per heavy atom. The summed E-state index contributed by atoms with van der Waals surface area (Å²) in [6.45, 7) is 0.388. The Balaban J connectivity index is 1.64. The molecular formula is C17H12Cl2N2OS. The topological polar surface area (TPSA) is 42.0 Å². The molecule has 0 radical (unpaired) electrons. The molecule has 0 aliphatic carbocycles. The molecule has 0 saturated carbocycles. The number of nitrogens with one attached hydrogen (secondary N) is 1. The summed E-state index contributed by atoms with van der Waals surface area (Å²) in [5.41, 5.74) is 1.58. The number of benzene rings is 2. The van der Waals surface area contributed by atoms with Gasteiger partial charge in [-0.1, -0.05) is 41.4 Å². The molecule has 3 aromatic rings. The molecule has 3 rings (SSSR count). The molecule has 1 amide bonds. The van der Waals surface area contributed by atoms with Crippen LogP contribution in [-0.2, 0) is 11.3 Å². The van der Waals surface area contributed by atoms with Crippen molar-refractivity contribution in [3.05, 3.63) is 69.2 Å². The maximum atomic E-state index is 11.9. The van der Waals surface area contributed by atoms with E-state index in [0.29, 0.717) is 22.2 Å². The van der Waals surface area contributed by atoms with Crippen LogP contribution in [0.3, 0.4) is 0 Å². The lowest BCUT2D eigenvalue weighted by atomic mass is 10.2. The highest BCUT2D eigenvalue weighted by molar-refractivity contribution is 7.18. The number of thiazole rings is 1. The van der Waals surface area contributed by atoms with Crippen LogP contribution in [0.5, 0.6) is 0 Å². The molecule has 1 heterocycles. The van der Waals surface area contributed by atoms with Crippen molar-refractivity contribution in [2.45, 2.75) is 6.54 Å². The lowest BCUT2D eigenvalue weighted by Gasteiger charge is -2.01. The second-order valence-corrected chi connectivity index (χ2v) is 6.69. The fraction of sp³-hybridized carbons (Fsp3) is 0.0588. The molecule has 3 nitrogen and oxygen atoms in total. The predicted molar refractivity (Wildman–Crippen MR) is 97.0 cm³/mol. The lowest BCUT2D eigenvalue weighted by molar-refractivity contribution is -0.116. The molecule has 0 spiro atoms. The van der Waals surface area contributed by atoms with Crippen molar-refractivity contribution in [1.82, 2.24) is 10.3 Å². The number of halogens is 2. The van der Waals surface area contributed by atoms with Gasteiger partial charge in [0.25, 0.3) is 0 Å². The van der Waals surface area contributed by atoms with E-state index in [-0.39, 0.29) is 5.91 Å². The van der Waals surface area contributed by atoms with Gasteiger partial charge in [-0.05, 0) is 30.3 Å². The van der Waals surface area contributed by atoms with Crippen LogP contribution in [0.4, 0.5) is 0 Å². The third-order valence-corrected chi connectivity index (χ3v) is 4.85. The molecule has 0 fully saturated rings. The molecule has 0 saturated heterocycles. The monoisotopic (exact) mass is 362 g/mol. The minimum atomic E-state index is -0.222. The molecule has 23 heavy (non-hydrogen) atoms. The van der Waals surface area contributed by atoms with Crippen molar-refractivity contribution in [1.29, 1.82) is 0 Å². The van der Waals surface area contributed by atoms with Gasteiger partial charge in [0.2, 0.25) is 5.91 Å². The number of hydrogen-bond donors (Lipinski definition) is 1. The molecule has 116 valence electrons. The van der Waals surface area contributed by atoms with E-state index in [4.69, 9.17) is 23.2 Å². The van der Waals surface area contributed by atoms with Gasteiger partial charge in [0.15, 0.2) is 0 Å². The Hall–Kier alpha value is -1.88. The van der Waals surface area contributed by atoms with E-state index in [9.17, 15) is 4.79 Å². The van der Waals surface area contributed by atoms with Crippen LogP contribution in [0.2, 0.25) is 10.0 Å². The Kier molecular flexibility index (Phi) is 4.96. The number of hydrogen-bond acceptors (Lipinski definition) is 3. The summed E-state index contributed by atoms with van der Waals surface area (Å²) >= 11 is 13.7. The van der Waals surface area contributed by atoms with Gasteiger partial charge in [-0.25, -0.2) is 4.98 Å². The molecule has 0 aliphatic heterocycles. The van der Waals surface area contributed by atoms with E-state index >= 15 is 0 Å². The number of para-hydroxylation sites is 1. The maximum absolute atomic E-state index is 11.9. The van der Waals surface area contributed by atoms with Crippen LogP contribution in [0.25, 0.3) is 16.3 Å². The first kappa shape index (κ1) is 16.0. The average molecular weight is 363 g/mol. The van der Waals surface area contributed by atoms with Crippen LogP contribution < -0.4 is 5.32 Å². The first-order chi connectivity index (χ1) is 11.1. The van der Waals surface area contributed by atoms with E-state index in [1.165, 1.54) is 6.08 Å². The third kappa shape index (κ3) is 3.91. The number of aromatic nitrogens is 1. The van der Waals surface area contributed by atoms with E-state index in [1.54, 1.807) is 35.6 Å². The van der Waals surface area contributed by atoms with Gasteiger partial charge in [0.05, 0.1) is 16.8 Å². The molecule has 1 N–H and O–H groups in total. The molecular weight excluding hydrogens is 351 g/mol. The third-order valence-electron chi connectivity index (χ3n) is 3.15. The quantitative estimate of drug-likeness (QED) is 0.668. The van der Waals surface area contributed by atoms with Crippen molar-refractivity contribution in [3.63, 3.8) is 0 Å². The Morgan fingerprint density at radius 2 is 1.87 bits per heavy atom. The van der Waals surface area contributed by atoms with E-state index in [0.717, 1.165) is 15.2 Å². The first-order valence-corrected chi connectivity index (χ1v) is 8.45. The zero-order valence-corrected chi connectivity index (χ0v) is 14.3. The second kappa shape index (κ2) is 7.13. The Bertz CT molecular complexity index is 836. The zero-order chi connectivity index (χ0) is 16.2. The lowest BCUT2D eigenvalue weighted by Crippen LogP contribution is -2.20. The molecule has 1 aromatic heterocycles. The molecule has 0 atom stereocenters. The number of carbonyl (C=O) groups is 1. The molecule has 6 heteroatoms. The maximum Gasteiger partial charge on any atom is 0.244 e. The van der Waals surface area contributed by atoms with Crippen molar-refractivity contribution in [3.8, 4) is 0 Å². The van der Waals surface area contributed by atoms with Gasteiger partial charge >= 0.3 is 0 Å². The van der Waals surface area contributed by atoms with Crippen LogP contribution in [0.1, 0.15) is 10.6 Å². The second-order valence-electron chi connectivity index (χ2n) is 4.76. The Morgan fingerprint density at radius 3 is 2.61 bits per heavy atom. The number of fused-ring (bicyclic) bond motifs is 1. The molecule has 2 aromatic carbocycles. The number of nitrogens with zero attached hydrogens (tertiary/aromatic N) is 1. The minimum Gasteiger partial charge on any atom is -0.346 e. The minimum absolute atomic E-state index is 0.222. The number of amides is 1. The predicted octanol–water partition coefficient (Wildman–Crippen LogP) is 4.93. The SMILES string of the molecule is O=C(/C=C/c1c(Cl)cccc1Cl)NCc1nc2ccccc2s1. The summed E-state index contributed by atoms with van der Waals surface area (Å²) in [5.74, 6) is -0.222. The summed E-state index contributed by atoms with van der Waals surface area (Å²) < 4.78 is 1.11. The van der Waals surface area contributed by atoms with Crippen molar-refractivity contribution >= 4 is 56.7 Å². The van der Waals surface area contributed by atoms with Crippen LogP contribution in [0, 0.1) is 0 Å². The van der Waals surface area contributed by atoms with Crippen LogP contribution in [-0.4, -0.2) is 10.9 Å². The summed E-state index contributed by atoms with van der Waals surface area (Å²) in [6, 6.07) is 13.1. The van der Waals surface area contributed by atoms with Gasteiger partial charge in [0.1, 0.15) is 5.01 Å². The fourth-order valence-electron chi connectivity index (χ4n) is 2.05. The van der Waals surface area contributed by atoms with Gasteiger partial charge in [-0.2, -0.15) is 0 Å². The van der Waals surface area contributed by atoms with Crippen molar-refractivity contribution in [2.24, 2.45) is 0 Å².